The number of azo groups is 1. The van der Waals surface area contributed by atoms with Crippen LogP contribution in [0.1, 0.15) is 5.56 Å². The number of rotatable bonds is 1. The number of carbonyl (C=O) groups excluding carboxylic acids is 1. The number of carbonyl (C=O) groups is 1. The molecule has 0 spiro atoms. The molecule has 3 nitrogen and oxygen atoms in total. The quantitative estimate of drug-likeness (QED) is 0.639. The van der Waals surface area contributed by atoms with E-state index in [1.807, 2.05) is 30.3 Å². The second kappa shape index (κ2) is 3.31. The van der Waals surface area contributed by atoms with Crippen molar-refractivity contribution in [3.8, 4) is 0 Å². The third kappa shape index (κ3) is 1.54. The van der Waals surface area contributed by atoms with E-state index in [2.05, 4.69) is 10.2 Å². The number of hydrogen-bond donors (Lipinski definition) is 0. The number of nitrogens with zero attached hydrogens (tertiary/aromatic N) is 2. The molecule has 0 amide bonds. The van der Waals surface area contributed by atoms with Crippen LogP contribution in [0.2, 0.25) is 0 Å². The molecule has 0 unspecified atom stereocenters. The molecule has 0 N–H and O–H groups in total. The van der Waals surface area contributed by atoms with E-state index in [9.17, 15) is 4.79 Å². The fourth-order valence-corrected chi connectivity index (χ4v) is 1.21. The number of hydrogen-bond acceptors (Lipinski definition) is 3. The summed E-state index contributed by atoms with van der Waals surface area (Å²) in [5, 5.41) is 7.36. The Bertz CT molecular complexity index is 379. The van der Waals surface area contributed by atoms with Crippen molar-refractivity contribution >= 4 is 11.4 Å². The summed E-state index contributed by atoms with van der Waals surface area (Å²) in [5.74, 6) is 0.0289. The number of Topliss-reactive ketones (excluding diaryl/α,β-unsaturated/α-hetero) is 1. The number of benzene rings is 1. The van der Waals surface area contributed by atoms with E-state index in [0.717, 1.165) is 5.56 Å². The summed E-state index contributed by atoms with van der Waals surface area (Å²) >= 11 is 0. The summed E-state index contributed by atoms with van der Waals surface area (Å²) in [7, 11) is 0. The summed E-state index contributed by atoms with van der Waals surface area (Å²) < 4.78 is 0. The van der Waals surface area contributed by atoms with Crippen LogP contribution in [0.15, 0.2) is 46.8 Å². The van der Waals surface area contributed by atoms with Crippen molar-refractivity contribution in [1.82, 2.24) is 0 Å². The lowest BCUT2D eigenvalue weighted by molar-refractivity contribution is -0.112. The maximum Gasteiger partial charge on any atom is 0.188 e. The van der Waals surface area contributed by atoms with Crippen LogP contribution < -0.4 is 0 Å². The third-order valence-electron chi connectivity index (χ3n) is 1.87. The lowest BCUT2D eigenvalue weighted by Crippen LogP contribution is -2.07. The summed E-state index contributed by atoms with van der Waals surface area (Å²) in [5.41, 5.74) is 1.56. The van der Waals surface area contributed by atoms with Crippen LogP contribution in [0.5, 0.6) is 0 Å². The van der Waals surface area contributed by atoms with E-state index in [4.69, 9.17) is 0 Å². The van der Waals surface area contributed by atoms with Crippen LogP contribution in [-0.4, -0.2) is 12.3 Å². The summed E-state index contributed by atoms with van der Waals surface area (Å²) in [6, 6.07) is 9.50. The SMILES string of the molecule is O=C1CN=NC=C1c1ccccc1. The average molecular weight is 172 g/mol. The molecule has 1 aliphatic heterocycles. The lowest BCUT2D eigenvalue weighted by atomic mass is 10.0. The third-order valence-corrected chi connectivity index (χ3v) is 1.87. The second-order valence-corrected chi connectivity index (χ2v) is 2.75. The van der Waals surface area contributed by atoms with Gasteiger partial charge in [-0.3, -0.25) is 4.79 Å². The Kier molecular flexibility index (Phi) is 2.00. The first-order chi connectivity index (χ1) is 6.38. The van der Waals surface area contributed by atoms with E-state index in [1.165, 1.54) is 6.20 Å². The van der Waals surface area contributed by atoms with Gasteiger partial charge in [-0.15, -0.1) is 0 Å². The molecule has 2 rings (SSSR count). The largest absolute Gasteiger partial charge is 0.292 e. The molecular weight excluding hydrogens is 164 g/mol. The molecule has 0 radical (unpaired) electrons. The molecule has 0 saturated carbocycles. The molecule has 0 bridgehead atoms. The minimum Gasteiger partial charge on any atom is -0.292 e. The molecule has 0 saturated heterocycles. The average Bonchev–Trinajstić information content (AvgIpc) is 2.20. The van der Waals surface area contributed by atoms with Gasteiger partial charge < -0.3 is 0 Å². The van der Waals surface area contributed by atoms with Crippen molar-refractivity contribution in [3.63, 3.8) is 0 Å². The van der Waals surface area contributed by atoms with Crippen molar-refractivity contribution in [2.45, 2.75) is 0 Å². The fraction of sp³-hybridized carbons (Fsp3) is 0.100. The van der Waals surface area contributed by atoms with Gasteiger partial charge in [-0.1, -0.05) is 30.3 Å². The highest BCUT2D eigenvalue weighted by Crippen LogP contribution is 2.17. The smallest absolute Gasteiger partial charge is 0.188 e. The van der Waals surface area contributed by atoms with E-state index in [1.54, 1.807) is 0 Å². The lowest BCUT2D eigenvalue weighted by Gasteiger charge is -2.05. The summed E-state index contributed by atoms with van der Waals surface area (Å²) in [4.78, 5) is 11.4. The Hall–Kier alpha value is -1.77. The molecular formula is C10H8N2O. The van der Waals surface area contributed by atoms with E-state index in [0.29, 0.717) is 5.57 Å². The molecule has 64 valence electrons. The van der Waals surface area contributed by atoms with Gasteiger partial charge in [0.05, 0.1) is 6.20 Å². The van der Waals surface area contributed by atoms with Gasteiger partial charge in [-0.2, -0.15) is 10.2 Å². The Balaban J connectivity index is 2.41. The van der Waals surface area contributed by atoms with Crippen LogP contribution in [0.4, 0.5) is 0 Å². The maximum absolute atomic E-state index is 11.4. The first kappa shape index (κ1) is 7.86. The highest BCUT2D eigenvalue weighted by molar-refractivity contribution is 6.22. The zero-order chi connectivity index (χ0) is 9.10. The zero-order valence-corrected chi connectivity index (χ0v) is 6.97. The molecule has 1 aromatic carbocycles. The molecule has 13 heavy (non-hydrogen) atoms. The van der Waals surface area contributed by atoms with E-state index >= 15 is 0 Å². The first-order valence-corrected chi connectivity index (χ1v) is 4.03. The summed E-state index contributed by atoms with van der Waals surface area (Å²) in [6.07, 6.45) is 1.52. The second-order valence-electron chi connectivity index (χ2n) is 2.75. The Morgan fingerprint density at radius 1 is 1.15 bits per heavy atom. The first-order valence-electron chi connectivity index (χ1n) is 4.03. The molecule has 0 aromatic heterocycles. The molecule has 1 heterocycles. The van der Waals surface area contributed by atoms with Crippen LogP contribution in [0.25, 0.3) is 5.57 Å². The van der Waals surface area contributed by atoms with Crippen LogP contribution >= 0.6 is 0 Å². The number of ketones is 1. The van der Waals surface area contributed by atoms with Crippen LogP contribution in [0, 0.1) is 0 Å². The Morgan fingerprint density at radius 2 is 1.92 bits per heavy atom. The van der Waals surface area contributed by atoms with Gasteiger partial charge in [0.1, 0.15) is 6.54 Å². The van der Waals surface area contributed by atoms with Crippen LogP contribution in [-0.2, 0) is 4.79 Å². The van der Waals surface area contributed by atoms with Gasteiger partial charge in [-0.05, 0) is 5.56 Å². The highest BCUT2D eigenvalue weighted by atomic mass is 16.1. The zero-order valence-electron chi connectivity index (χ0n) is 6.97. The van der Waals surface area contributed by atoms with Crippen molar-refractivity contribution < 1.29 is 4.79 Å². The predicted molar refractivity (Wildman–Crippen MR) is 49.1 cm³/mol. The predicted octanol–water partition coefficient (Wildman–Crippen LogP) is 2.06. The Morgan fingerprint density at radius 3 is 2.62 bits per heavy atom. The molecule has 1 aromatic rings. The maximum atomic E-state index is 11.4. The van der Waals surface area contributed by atoms with Crippen LogP contribution in [0.3, 0.4) is 0 Å². The van der Waals surface area contributed by atoms with E-state index in [-0.39, 0.29) is 12.3 Å². The molecule has 0 fully saturated rings. The van der Waals surface area contributed by atoms with Gasteiger partial charge >= 0.3 is 0 Å². The van der Waals surface area contributed by atoms with Crippen molar-refractivity contribution in [1.29, 1.82) is 0 Å². The van der Waals surface area contributed by atoms with Crippen molar-refractivity contribution in [2.75, 3.05) is 6.54 Å². The van der Waals surface area contributed by atoms with Gasteiger partial charge in [0.15, 0.2) is 5.78 Å². The van der Waals surface area contributed by atoms with Gasteiger partial charge in [0.2, 0.25) is 0 Å². The normalized spacial score (nSPS) is 15.7. The fourth-order valence-electron chi connectivity index (χ4n) is 1.21. The Labute approximate surface area is 75.8 Å². The van der Waals surface area contributed by atoms with E-state index < -0.39 is 0 Å². The summed E-state index contributed by atoms with van der Waals surface area (Å²) in [6.45, 7) is 0.167. The van der Waals surface area contributed by atoms with Gasteiger partial charge in [0.25, 0.3) is 0 Å². The topological polar surface area (TPSA) is 41.8 Å². The van der Waals surface area contributed by atoms with Gasteiger partial charge in [0, 0.05) is 5.57 Å². The standard InChI is InChI=1S/C10H8N2O/c13-10-7-12-11-6-9(10)8-4-2-1-3-5-8/h1-6H,7H2. The van der Waals surface area contributed by atoms with Crippen molar-refractivity contribution in [3.05, 3.63) is 42.1 Å². The minimum absolute atomic E-state index is 0.0289. The molecule has 0 atom stereocenters. The molecule has 0 aliphatic carbocycles. The monoisotopic (exact) mass is 172 g/mol. The molecule has 1 aliphatic rings. The van der Waals surface area contributed by atoms with Crippen molar-refractivity contribution in [2.24, 2.45) is 10.2 Å². The minimum atomic E-state index is 0.0289. The van der Waals surface area contributed by atoms with Gasteiger partial charge in [-0.25, -0.2) is 0 Å². The molecule has 3 heteroatoms. The highest BCUT2D eigenvalue weighted by Gasteiger charge is 2.13.